The fraction of sp³-hybridized carbons (Fsp3) is 0.235. The summed E-state index contributed by atoms with van der Waals surface area (Å²) < 4.78 is 21.3. The fourth-order valence-electron chi connectivity index (χ4n) is 2.38. The number of nitrogens with zero attached hydrogens (tertiary/aromatic N) is 2. The van der Waals surface area contributed by atoms with Crippen LogP contribution in [0.3, 0.4) is 0 Å². The number of nitrogens with one attached hydrogen (secondary N) is 1. The lowest BCUT2D eigenvalue weighted by molar-refractivity contribution is 0.102. The maximum Gasteiger partial charge on any atom is 0.322 e. The zero-order chi connectivity index (χ0) is 18.0. The number of amides is 1. The summed E-state index contributed by atoms with van der Waals surface area (Å²) in [6, 6.07) is 6.64. The number of anilines is 1. The van der Waals surface area contributed by atoms with E-state index in [1.54, 1.807) is 31.2 Å². The maximum absolute atomic E-state index is 12.4. The SMILES string of the molecule is COc1ccc(C(=O)Nc2nnc(-c3cc(C)oc3C)o2)c(OC)c1. The number of methoxy groups -OCH3 is 2. The van der Waals surface area contributed by atoms with Crippen molar-refractivity contribution in [2.75, 3.05) is 19.5 Å². The van der Waals surface area contributed by atoms with Crippen LogP contribution in [0, 0.1) is 13.8 Å². The Hall–Kier alpha value is -3.29. The fourth-order valence-corrected chi connectivity index (χ4v) is 2.38. The van der Waals surface area contributed by atoms with Crippen LogP contribution in [0.1, 0.15) is 21.9 Å². The normalized spacial score (nSPS) is 10.6. The zero-order valence-corrected chi connectivity index (χ0v) is 14.2. The molecule has 8 nitrogen and oxygen atoms in total. The van der Waals surface area contributed by atoms with Crippen molar-refractivity contribution in [3.8, 4) is 23.0 Å². The Morgan fingerprint density at radius 2 is 1.88 bits per heavy atom. The van der Waals surface area contributed by atoms with Gasteiger partial charge in [-0.05, 0) is 32.0 Å². The predicted molar refractivity (Wildman–Crippen MR) is 89.0 cm³/mol. The van der Waals surface area contributed by atoms with Crippen LogP contribution in [0.2, 0.25) is 0 Å². The topological polar surface area (TPSA) is 99.6 Å². The molecular formula is C17H17N3O5. The van der Waals surface area contributed by atoms with Crippen LogP contribution in [0.15, 0.2) is 33.1 Å². The van der Waals surface area contributed by atoms with Crippen molar-refractivity contribution in [2.45, 2.75) is 13.8 Å². The molecule has 2 aromatic heterocycles. The quantitative estimate of drug-likeness (QED) is 0.759. The van der Waals surface area contributed by atoms with Crippen molar-refractivity contribution in [1.29, 1.82) is 0 Å². The highest BCUT2D eigenvalue weighted by atomic mass is 16.5. The summed E-state index contributed by atoms with van der Waals surface area (Å²) >= 11 is 0. The average molecular weight is 343 g/mol. The van der Waals surface area contributed by atoms with Crippen molar-refractivity contribution < 1.29 is 23.1 Å². The summed E-state index contributed by atoms with van der Waals surface area (Å²) in [6.07, 6.45) is 0. The Bertz CT molecular complexity index is 913. The standard InChI is InChI=1S/C17H17N3O5/c1-9-7-13(10(2)24-9)16-19-20-17(25-16)18-15(21)12-6-5-11(22-3)8-14(12)23-4/h5-8H,1-4H3,(H,18,20,21). The van der Waals surface area contributed by atoms with Gasteiger partial charge in [-0.3, -0.25) is 10.1 Å². The zero-order valence-electron chi connectivity index (χ0n) is 14.2. The Labute approximate surface area is 143 Å². The van der Waals surface area contributed by atoms with Gasteiger partial charge in [0.05, 0.1) is 25.3 Å². The van der Waals surface area contributed by atoms with Crippen LogP contribution in [-0.4, -0.2) is 30.3 Å². The molecule has 0 unspecified atom stereocenters. The molecule has 0 saturated carbocycles. The van der Waals surface area contributed by atoms with E-state index in [1.807, 2.05) is 6.92 Å². The molecule has 8 heteroatoms. The molecule has 0 bridgehead atoms. The van der Waals surface area contributed by atoms with Crippen molar-refractivity contribution in [3.05, 3.63) is 41.3 Å². The molecular weight excluding hydrogens is 326 g/mol. The number of carbonyl (C=O) groups is 1. The summed E-state index contributed by atoms with van der Waals surface area (Å²) in [5.41, 5.74) is 1.01. The second-order valence-corrected chi connectivity index (χ2v) is 5.26. The van der Waals surface area contributed by atoms with Gasteiger partial charge in [0.1, 0.15) is 23.0 Å². The first-order valence-corrected chi connectivity index (χ1v) is 7.46. The van der Waals surface area contributed by atoms with Crippen molar-refractivity contribution in [1.82, 2.24) is 10.2 Å². The van der Waals surface area contributed by atoms with Crippen molar-refractivity contribution in [3.63, 3.8) is 0 Å². The molecule has 0 fully saturated rings. The minimum absolute atomic E-state index is 0.0175. The third-order valence-corrected chi connectivity index (χ3v) is 3.57. The second-order valence-electron chi connectivity index (χ2n) is 5.26. The third kappa shape index (κ3) is 3.32. The highest BCUT2D eigenvalue weighted by Crippen LogP contribution is 2.28. The minimum atomic E-state index is -0.435. The van der Waals surface area contributed by atoms with E-state index < -0.39 is 5.91 Å². The summed E-state index contributed by atoms with van der Waals surface area (Å²) in [6.45, 7) is 3.62. The van der Waals surface area contributed by atoms with Gasteiger partial charge in [0, 0.05) is 6.07 Å². The van der Waals surface area contributed by atoms with Crippen molar-refractivity contribution in [2.24, 2.45) is 0 Å². The second kappa shape index (κ2) is 6.68. The molecule has 0 aliphatic heterocycles. The molecule has 0 spiro atoms. The summed E-state index contributed by atoms with van der Waals surface area (Å²) in [5, 5.41) is 10.3. The van der Waals surface area contributed by atoms with Crippen molar-refractivity contribution >= 4 is 11.9 Å². The van der Waals surface area contributed by atoms with Crippen LogP contribution in [0.4, 0.5) is 6.01 Å². The lowest BCUT2D eigenvalue weighted by Gasteiger charge is -2.09. The van der Waals surface area contributed by atoms with E-state index in [2.05, 4.69) is 15.5 Å². The molecule has 0 atom stereocenters. The number of benzene rings is 1. The first-order chi connectivity index (χ1) is 12.0. The molecule has 1 aromatic carbocycles. The number of rotatable bonds is 5. The Morgan fingerprint density at radius 3 is 2.52 bits per heavy atom. The highest BCUT2D eigenvalue weighted by molar-refractivity contribution is 6.05. The number of aromatic nitrogens is 2. The lowest BCUT2D eigenvalue weighted by atomic mass is 10.2. The molecule has 1 amide bonds. The van der Waals surface area contributed by atoms with Gasteiger partial charge < -0.3 is 18.3 Å². The van der Waals surface area contributed by atoms with E-state index in [4.69, 9.17) is 18.3 Å². The van der Waals surface area contributed by atoms with Crippen LogP contribution in [0.5, 0.6) is 11.5 Å². The van der Waals surface area contributed by atoms with Crippen LogP contribution >= 0.6 is 0 Å². The largest absolute Gasteiger partial charge is 0.497 e. The minimum Gasteiger partial charge on any atom is -0.497 e. The van der Waals surface area contributed by atoms with Gasteiger partial charge in [-0.25, -0.2) is 0 Å². The smallest absolute Gasteiger partial charge is 0.322 e. The van der Waals surface area contributed by atoms with E-state index >= 15 is 0 Å². The number of furan rings is 1. The molecule has 0 aliphatic rings. The summed E-state index contributed by atoms with van der Waals surface area (Å²) in [7, 11) is 3.01. The summed E-state index contributed by atoms with van der Waals surface area (Å²) in [5.74, 6) is 2.19. The molecule has 130 valence electrons. The van der Waals surface area contributed by atoms with E-state index in [9.17, 15) is 4.79 Å². The first kappa shape index (κ1) is 16.6. The Kier molecular flexibility index (Phi) is 4.42. The molecule has 2 heterocycles. The molecule has 3 aromatic rings. The van der Waals surface area contributed by atoms with Crippen LogP contribution < -0.4 is 14.8 Å². The lowest BCUT2D eigenvalue weighted by Crippen LogP contribution is -2.13. The number of hydrogen-bond donors (Lipinski definition) is 1. The number of aryl methyl sites for hydroxylation is 2. The maximum atomic E-state index is 12.4. The number of carbonyl (C=O) groups excluding carboxylic acids is 1. The van der Waals surface area contributed by atoms with E-state index in [1.165, 1.54) is 14.2 Å². The molecule has 0 radical (unpaired) electrons. The van der Waals surface area contributed by atoms with E-state index in [0.717, 1.165) is 5.76 Å². The van der Waals surface area contributed by atoms with Gasteiger partial charge in [0.15, 0.2) is 0 Å². The first-order valence-electron chi connectivity index (χ1n) is 7.46. The molecule has 0 aliphatic carbocycles. The van der Waals surface area contributed by atoms with E-state index in [0.29, 0.717) is 28.4 Å². The van der Waals surface area contributed by atoms with Crippen LogP contribution in [-0.2, 0) is 0 Å². The summed E-state index contributed by atoms with van der Waals surface area (Å²) in [4.78, 5) is 12.4. The van der Waals surface area contributed by atoms with Gasteiger partial charge in [-0.1, -0.05) is 5.10 Å². The molecule has 1 N–H and O–H groups in total. The molecule has 0 saturated heterocycles. The Morgan fingerprint density at radius 1 is 1.08 bits per heavy atom. The van der Waals surface area contributed by atoms with Gasteiger partial charge in [0.2, 0.25) is 0 Å². The number of ether oxygens (including phenoxy) is 2. The molecule has 25 heavy (non-hydrogen) atoms. The van der Waals surface area contributed by atoms with Gasteiger partial charge >= 0.3 is 6.01 Å². The van der Waals surface area contributed by atoms with E-state index in [-0.39, 0.29) is 11.9 Å². The predicted octanol–water partition coefficient (Wildman–Crippen LogP) is 3.22. The third-order valence-electron chi connectivity index (χ3n) is 3.57. The molecule has 3 rings (SSSR count). The van der Waals surface area contributed by atoms with Gasteiger partial charge in [-0.2, -0.15) is 0 Å². The van der Waals surface area contributed by atoms with Gasteiger partial charge in [0.25, 0.3) is 11.8 Å². The monoisotopic (exact) mass is 343 g/mol. The Balaban J connectivity index is 1.81. The average Bonchev–Trinajstić information content (AvgIpc) is 3.19. The highest BCUT2D eigenvalue weighted by Gasteiger charge is 2.18. The number of hydrogen-bond acceptors (Lipinski definition) is 7. The van der Waals surface area contributed by atoms with Crippen LogP contribution in [0.25, 0.3) is 11.5 Å². The van der Waals surface area contributed by atoms with Gasteiger partial charge in [-0.15, -0.1) is 5.10 Å².